The van der Waals surface area contributed by atoms with E-state index in [0.717, 1.165) is 6.42 Å². The lowest BCUT2D eigenvalue weighted by atomic mass is 10.1. The molecule has 0 aromatic carbocycles. The lowest BCUT2D eigenvalue weighted by molar-refractivity contribution is -0.138. The standard InChI is InChI=1S/C12H21N3O4/c1-12(2,3)15(7-9(16)17)11(19)14-8-5-4-6-13-10(8)18/h8H,4-7H2,1-3H3,(H,13,18)(H,14,19)(H,16,17). The van der Waals surface area contributed by atoms with Crippen LogP contribution in [0.25, 0.3) is 0 Å². The summed E-state index contributed by atoms with van der Waals surface area (Å²) in [5.74, 6) is -1.30. The van der Waals surface area contributed by atoms with Crippen LogP contribution in [0.1, 0.15) is 33.6 Å². The molecule has 0 aromatic heterocycles. The summed E-state index contributed by atoms with van der Waals surface area (Å²) in [5.41, 5.74) is -0.631. The number of urea groups is 1. The van der Waals surface area contributed by atoms with E-state index in [-0.39, 0.29) is 5.91 Å². The predicted molar refractivity (Wildman–Crippen MR) is 68.7 cm³/mol. The molecule has 0 bridgehead atoms. The zero-order chi connectivity index (χ0) is 14.6. The van der Waals surface area contributed by atoms with Crippen molar-refractivity contribution in [2.45, 2.75) is 45.2 Å². The van der Waals surface area contributed by atoms with E-state index in [0.29, 0.717) is 13.0 Å². The number of piperidine rings is 1. The lowest BCUT2D eigenvalue weighted by Crippen LogP contribution is -2.58. The molecule has 1 aliphatic heterocycles. The number of rotatable bonds is 3. The minimum atomic E-state index is -1.09. The van der Waals surface area contributed by atoms with Crippen molar-refractivity contribution < 1.29 is 19.5 Å². The van der Waals surface area contributed by atoms with Crippen LogP contribution in [0, 0.1) is 0 Å². The van der Waals surface area contributed by atoms with Crippen LogP contribution in [0.2, 0.25) is 0 Å². The molecule has 0 radical (unpaired) electrons. The Kier molecular flexibility index (Phi) is 4.74. The third kappa shape index (κ3) is 4.42. The van der Waals surface area contributed by atoms with E-state index in [1.54, 1.807) is 20.8 Å². The minimum Gasteiger partial charge on any atom is -0.480 e. The first kappa shape index (κ1) is 15.3. The highest BCUT2D eigenvalue weighted by Crippen LogP contribution is 2.14. The molecule has 0 saturated carbocycles. The summed E-state index contributed by atoms with van der Waals surface area (Å²) in [6.07, 6.45) is 1.37. The van der Waals surface area contributed by atoms with Crippen molar-refractivity contribution in [1.29, 1.82) is 0 Å². The summed E-state index contributed by atoms with van der Waals surface area (Å²) in [7, 11) is 0. The number of amides is 3. The van der Waals surface area contributed by atoms with Crippen LogP contribution in [-0.2, 0) is 9.59 Å². The van der Waals surface area contributed by atoms with E-state index < -0.39 is 30.1 Å². The van der Waals surface area contributed by atoms with E-state index in [1.807, 2.05) is 0 Å². The fourth-order valence-corrected chi connectivity index (χ4v) is 1.89. The Balaban J connectivity index is 2.71. The second-order valence-electron chi connectivity index (χ2n) is 5.59. The average molecular weight is 271 g/mol. The van der Waals surface area contributed by atoms with Gasteiger partial charge in [-0.3, -0.25) is 9.59 Å². The summed E-state index contributed by atoms with van der Waals surface area (Å²) in [5, 5.41) is 14.1. The second-order valence-corrected chi connectivity index (χ2v) is 5.59. The van der Waals surface area contributed by atoms with Crippen molar-refractivity contribution in [2.75, 3.05) is 13.1 Å². The molecule has 1 unspecified atom stereocenters. The Hall–Kier alpha value is -1.79. The topological polar surface area (TPSA) is 98.7 Å². The number of nitrogens with zero attached hydrogens (tertiary/aromatic N) is 1. The molecule has 1 rings (SSSR count). The van der Waals surface area contributed by atoms with Gasteiger partial charge in [0.1, 0.15) is 12.6 Å². The molecule has 19 heavy (non-hydrogen) atoms. The molecular weight excluding hydrogens is 250 g/mol. The highest BCUT2D eigenvalue weighted by atomic mass is 16.4. The van der Waals surface area contributed by atoms with Crippen molar-refractivity contribution in [3.05, 3.63) is 0 Å². The van der Waals surface area contributed by atoms with Gasteiger partial charge in [0, 0.05) is 12.1 Å². The number of hydrogen-bond donors (Lipinski definition) is 3. The third-order valence-electron chi connectivity index (χ3n) is 2.93. The van der Waals surface area contributed by atoms with Gasteiger partial charge in [-0.1, -0.05) is 0 Å². The van der Waals surface area contributed by atoms with E-state index >= 15 is 0 Å². The average Bonchev–Trinajstić information content (AvgIpc) is 2.27. The van der Waals surface area contributed by atoms with E-state index in [9.17, 15) is 14.4 Å². The molecule has 7 heteroatoms. The maximum atomic E-state index is 12.1. The van der Waals surface area contributed by atoms with E-state index in [4.69, 9.17) is 5.11 Å². The van der Waals surface area contributed by atoms with Gasteiger partial charge in [-0.2, -0.15) is 0 Å². The number of carboxylic acids is 1. The van der Waals surface area contributed by atoms with Gasteiger partial charge >= 0.3 is 12.0 Å². The number of hydrogen-bond acceptors (Lipinski definition) is 3. The first-order valence-electron chi connectivity index (χ1n) is 6.29. The van der Waals surface area contributed by atoms with Gasteiger partial charge in [-0.15, -0.1) is 0 Å². The van der Waals surface area contributed by atoms with Gasteiger partial charge in [0.15, 0.2) is 0 Å². The lowest BCUT2D eigenvalue weighted by Gasteiger charge is -2.35. The molecule has 7 nitrogen and oxygen atoms in total. The Bertz CT molecular complexity index is 376. The van der Waals surface area contributed by atoms with Crippen LogP contribution in [-0.4, -0.2) is 52.6 Å². The van der Waals surface area contributed by atoms with Crippen LogP contribution in [0.3, 0.4) is 0 Å². The van der Waals surface area contributed by atoms with Crippen molar-refractivity contribution in [3.8, 4) is 0 Å². The summed E-state index contributed by atoms with van der Waals surface area (Å²) in [6.45, 7) is 5.45. The quantitative estimate of drug-likeness (QED) is 0.681. The normalized spacial score (nSPS) is 19.5. The zero-order valence-electron chi connectivity index (χ0n) is 11.5. The van der Waals surface area contributed by atoms with Gasteiger partial charge in [0.05, 0.1) is 0 Å². The molecule has 1 aliphatic rings. The smallest absolute Gasteiger partial charge is 0.323 e. The maximum Gasteiger partial charge on any atom is 0.323 e. The highest BCUT2D eigenvalue weighted by Gasteiger charge is 2.32. The minimum absolute atomic E-state index is 0.219. The highest BCUT2D eigenvalue weighted by molar-refractivity contribution is 5.88. The molecule has 1 heterocycles. The molecule has 0 spiro atoms. The number of carbonyl (C=O) groups is 3. The predicted octanol–water partition coefficient (Wildman–Crippen LogP) is 0.160. The molecule has 3 N–H and O–H groups in total. The summed E-state index contributed by atoms with van der Waals surface area (Å²) in [4.78, 5) is 35.7. The molecule has 1 saturated heterocycles. The van der Waals surface area contributed by atoms with Crippen LogP contribution in [0.5, 0.6) is 0 Å². The van der Waals surface area contributed by atoms with E-state index in [2.05, 4.69) is 10.6 Å². The van der Waals surface area contributed by atoms with Crippen molar-refractivity contribution in [2.24, 2.45) is 0 Å². The Morgan fingerprint density at radius 3 is 2.58 bits per heavy atom. The first-order chi connectivity index (χ1) is 8.71. The zero-order valence-corrected chi connectivity index (χ0v) is 11.5. The van der Waals surface area contributed by atoms with Crippen LogP contribution in [0.15, 0.2) is 0 Å². The van der Waals surface area contributed by atoms with Crippen molar-refractivity contribution in [1.82, 2.24) is 15.5 Å². The van der Waals surface area contributed by atoms with Gasteiger partial charge in [-0.25, -0.2) is 4.79 Å². The van der Waals surface area contributed by atoms with Crippen LogP contribution < -0.4 is 10.6 Å². The number of nitrogens with one attached hydrogen (secondary N) is 2. The van der Waals surface area contributed by atoms with Gasteiger partial charge < -0.3 is 20.6 Å². The molecule has 1 atom stereocenters. The first-order valence-corrected chi connectivity index (χ1v) is 6.29. The van der Waals surface area contributed by atoms with Crippen molar-refractivity contribution in [3.63, 3.8) is 0 Å². The molecule has 108 valence electrons. The number of carbonyl (C=O) groups excluding carboxylic acids is 2. The molecule has 3 amide bonds. The Labute approximate surface area is 112 Å². The van der Waals surface area contributed by atoms with Gasteiger partial charge in [0.25, 0.3) is 0 Å². The summed E-state index contributed by atoms with van der Waals surface area (Å²) >= 11 is 0. The maximum absolute atomic E-state index is 12.1. The molecule has 1 fully saturated rings. The SMILES string of the molecule is CC(C)(C)N(CC(=O)O)C(=O)NC1CCCNC1=O. The van der Waals surface area contributed by atoms with E-state index in [1.165, 1.54) is 4.90 Å². The molecule has 0 aromatic rings. The molecule has 0 aliphatic carbocycles. The largest absolute Gasteiger partial charge is 0.480 e. The second kappa shape index (κ2) is 5.90. The Morgan fingerprint density at radius 2 is 2.11 bits per heavy atom. The monoisotopic (exact) mass is 271 g/mol. The van der Waals surface area contributed by atoms with Gasteiger partial charge in [-0.05, 0) is 33.6 Å². The summed E-state index contributed by atoms with van der Waals surface area (Å²) < 4.78 is 0. The fraction of sp³-hybridized carbons (Fsp3) is 0.750. The van der Waals surface area contributed by atoms with Crippen molar-refractivity contribution >= 4 is 17.9 Å². The number of aliphatic carboxylic acids is 1. The number of carboxylic acid groups (broad SMARTS) is 1. The Morgan fingerprint density at radius 1 is 1.47 bits per heavy atom. The third-order valence-corrected chi connectivity index (χ3v) is 2.93. The molecular formula is C12H21N3O4. The fourth-order valence-electron chi connectivity index (χ4n) is 1.89. The van der Waals surface area contributed by atoms with Crippen LogP contribution >= 0.6 is 0 Å². The van der Waals surface area contributed by atoms with Crippen LogP contribution in [0.4, 0.5) is 4.79 Å². The van der Waals surface area contributed by atoms with Gasteiger partial charge in [0.2, 0.25) is 5.91 Å². The summed E-state index contributed by atoms with van der Waals surface area (Å²) in [6, 6.07) is -1.11.